The molecule has 2 amide bonds. The molecule has 1 aliphatic heterocycles. The van der Waals surface area contributed by atoms with Crippen LogP contribution in [0.2, 0.25) is 0 Å². The van der Waals surface area contributed by atoms with Gasteiger partial charge in [0.25, 0.3) is 11.8 Å². The number of carbonyl (C=O) groups excluding carboxylic acids is 2. The van der Waals surface area contributed by atoms with E-state index >= 15 is 0 Å². The van der Waals surface area contributed by atoms with Crippen LogP contribution in [0.1, 0.15) is 26.3 Å². The number of ether oxygens (including phenoxy) is 1. The van der Waals surface area contributed by atoms with Gasteiger partial charge in [0.1, 0.15) is 5.75 Å². The Morgan fingerprint density at radius 2 is 1.54 bits per heavy atom. The smallest absolute Gasteiger partial charge is 0.261 e. The number of carbonyl (C=O) groups is 2. The third kappa shape index (κ3) is 3.16. The Labute approximate surface area is 141 Å². The summed E-state index contributed by atoms with van der Waals surface area (Å²) in [6, 6.07) is 14.8. The van der Waals surface area contributed by atoms with Crippen LogP contribution >= 0.6 is 0 Å². The molecule has 0 radical (unpaired) electrons. The summed E-state index contributed by atoms with van der Waals surface area (Å²) in [6.45, 7) is 1.75. The standard InChI is InChI=1S/C19H20N2O3/c1-20(13-14-7-9-15(24-2)10-8-14)11-12-21-18(22)16-5-3-4-6-17(16)19(21)23/h3-10H,11-13H2,1-2H3. The summed E-state index contributed by atoms with van der Waals surface area (Å²) in [7, 11) is 3.62. The van der Waals surface area contributed by atoms with Crippen molar-refractivity contribution in [1.82, 2.24) is 9.80 Å². The minimum absolute atomic E-state index is 0.201. The van der Waals surface area contributed by atoms with E-state index in [1.165, 1.54) is 4.90 Å². The molecule has 24 heavy (non-hydrogen) atoms. The Morgan fingerprint density at radius 1 is 0.958 bits per heavy atom. The summed E-state index contributed by atoms with van der Waals surface area (Å²) in [5, 5.41) is 0. The molecule has 0 fully saturated rings. The van der Waals surface area contributed by atoms with Gasteiger partial charge in [-0.1, -0.05) is 24.3 Å². The molecule has 2 aromatic carbocycles. The number of hydrogen-bond donors (Lipinski definition) is 0. The summed E-state index contributed by atoms with van der Waals surface area (Å²) in [5.41, 5.74) is 2.15. The maximum Gasteiger partial charge on any atom is 0.261 e. The average molecular weight is 324 g/mol. The minimum Gasteiger partial charge on any atom is -0.497 e. The Hall–Kier alpha value is -2.66. The zero-order valence-corrected chi connectivity index (χ0v) is 13.9. The highest BCUT2D eigenvalue weighted by molar-refractivity contribution is 6.21. The number of benzene rings is 2. The average Bonchev–Trinajstić information content (AvgIpc) is 2.85. The second kappa shape index (κ2) is 6.84. The molecular weight excluding hydrogens is 304 g/mol. The van der Waals surface area contributed by atoms with E-state index in [1.54, 1.807) is 31.4 Å². The molecule has 5 nitrogen and oxygen atoms in total. The van der Waals surface area contributed by atoms with Crippen molar-refractivity contribution in [2.75, 3.05) is 27.2 Å². The van der Waals surface area contributed by atoms with Crippen LogP contribution in [-0.2, 0) is 6.54 Å². The highest BCUT2D eigenvalue weighted by Crippen LogP contribution is 2.22. The van der Waals surface area contributed by atoms with Crippen LogP contribution in [0.15, 0.2) is 48.5 Å². The monoisotopic (exact) mass is 324 g/mol. The number of methoxy groups -OCH3 is 1. The first-order valence-electron chi connectivity index (χ1n) is 7.87. The maximum atomic E-state index is 12.3. The van der Waals surface area contributed by atoms with Gasteiger partial charge < -0.3 is 9.64 Å². The number of amides is 2. The lowest BCUT2D eigenvalue weighted by Gasteiger charge is -2.20. The van der Waals surface area contributed by atoms with Crippen LogP contribution < -0.4 is 4.74 Å². The van der Waals surface area contributed by atoms with E-state index in [4.69, 9.17) is 4.74 Å². The second-order valence-electron chi connectivity index (χ2n) is 5.89. The number of imide groups is 1. The van der Waals surface area contributed by atoms with Crippen molar-refractivity contribution in [3.63, 3.8) is 0 Å². The molecule has 0 atom stereocenters. The number of likely N-dealkylation sites (N-methyl/N-ethyl adjacent to an activating group) is 1. The van der Waals surface area contributed by atoms with Crippen molar-refractivity contribution < 1.29 is 14.3 Å². The van der Waals surface area contributed by atoms with E-state index in [0.717, 1.165) is 17.9 Å². The molecule has 0 unspecified atom stereocenters. The molecule has 1 heterocycles. The summed E-state index contributed by atoms with van der Waals surface area (Å²) < 4.78 is 5.15. The van der Waals surface area contributed by atoms with E-state index in [1.807, 2.05) is 31.3 Å². The van der Waals surface area contributed by atoms with Crippen molar-refractivity contribution in [3.05, 3.63) is 65.2 Å². The zero-order valence-electron chi connectivity index (χ0n) is 13.9. The van der Waals surface area contributed by atoms with Crippen LogP contribution in [0.5, 0.6) is 5.75 Å². The molecule has 0 bridgehead atoms. The predicted molar refractivity (Wildman–Crippen MR) is 91.1 cm³/mol. The lowest BCUT2D eigenvalue weighted by atomic mass is 10.1. The van der Waals surface area contributed by atoms with Crippen molar-refractivity contribution in [3.8, 4) is 5.75 Å². The summed E-state index contributed by atoms with van der Waals surface area (Å²) in [6.07, 6.45) is 0. The van der Waals surface area contributed by atoms with Gasteiger partial charge in [0.15, 0.2) is 0 Å². The summed E-state index contributed by atoms with van der Waals surface area (Å²) in [4.78, 5) is 28.1. The van der Waals surface area contributed by atoms with E-state index < -0.39 is 0 Å². The first-order valence-corrected chi connectivity index (χ1v) is 7.87. The largest absolute Gasteiger partial charge is 0.497 e. The van der Waals surface area contributed by atoms with Gasteiger partial charge in [0.2, 0.25) is 0 Å². The van der Waals surface area contributed by atoms with Gasteiger partial charge in [-0.15, -0.1) is 0 Å². The van der Waals surface area contributed by atoms with Gasteiger partial charge in [0.05, 0.1) is 18.2 Å². The molecule has 0 aromatic heterocycles. The van der Waals surface area contributed by atoms with Crippen LogP contribution in [0.3, 0.4) is 0 Å². The van der Waals surface area contributed by atoms with Gasteiger partial charge in [0, 0.05) is 19.6 Å². The number of nitrogens with zero attached hydrogens (tertiary/aromatic N) is 2. The van der Waals surface area contributed by atoms with E-state index in [-0.39, 0.29) is 11.8 Å². The van der Waals surface area contributed by atoms with E-state index in [2.05, 4.69) is 4.90 Å². The molecule has 3 rings (SSSR count). The van der Waals surface area contributed by atoms with Gasteiger partial charge in [-0.25, -0.2) is 0 Å². The molecule has 0 N–H and O–H groups in total. The lowest BCUT2D eigenvalue weighted by molar-refractivity contribution is 0.0640. The normalized spacial score (nSPS) is 13.5. The summed E-state index contributed by atoms with van der Waals surface area (Å²) in [5.74, 6) is 0.425. The Bertz CT molecular complexity index is 720. The molecule has 0 saturated carbocycles. The van der Waals surface area contributed by atoms with Crippen molar-refractivity contribution >= 4 is 11.8 Å². The molecular formula is C19H20N2O3. The SMILES string of the molecule is COc1ccc(CN(C)CCN2C(=O)c3ccccc3C2=O)cc1. The van der Waals surface area contributed by atoms with Gasteiger partial charge >= 0.3 is 0 Å². The van der Waals surface area contributed by atoms with Crippen LogP contribution in [0.25, 0.3) is 0 Å². The van der Waals surface area contributed by atoms with Crippen molar-refractivity contribution in [2.45, 2.75) is 6.54 Å². The Kier molecular flexibility index (Phi) is 4.62. The fraction of sp³-hybridized carbons (Fsp3) is 0.263. The topological polar surface area (TPSA) is 49.9 Å². The van der Waals surface area contributed by atoms with Gasteiger partial charge in [-0.3, -0.25) is 14.5 Å². The Balaban J connectivity index is 1.58. The van der Waals surface area contributed by atoms with Gasteiger partial charge in [-0.2, -0.15) is 0 Å². The fourth-order valence-electron chi connectivity index (χ4n) is 2.83. The number of hydrogen-bond acceptors (Lipinski definition) is 4. The van der Waals surface area contributed by atoms with E-state index in [0.29, 0.717) is 24.2 Å². The highest BCUT2D eigenvalue weighted by Gasteiger charge is 2.34. The van der Waals surface area contributed by atoms with Gasteiger partial charge in [-0.05, 0) is 36.9 Å². The molecule has 0 aliphatic carbocycles. The minimum atomic E-state index is -0.201. The molecule has 5 heteroatoms. The van der Waals surface area contributed by atoms with Crippen molar-refractivity contribution in [2.24, 2.45) is 0 Å². The van der Waals surface area contributed by atoms with E-state index in [9.17, 15) is 9.59 Å². The molecule has 0 spiro atoms. The molecule has 124 valence electrons. The predicted octanol–water partition coefficient (Wildman–Crippen LogP) is 2.42. The third-order valence-corrected chi connectivity index (χ3v) is 4.20. The first kappa shape index (κ1) is 16.2. The lowest BCUT2D eigenvalue weighted by Crippen LogP contribution is -2.36. The van der Waals surface area contributed by atoms with Crippen LogP contribution in [-0.4, -0.2) is 48.9 Å². The number of rotatable bonds is 6. The molecule has 1 aliphatic rings. The molecule has 2 aromatic rings. The molecule has 0 saturated heterocycles. The third-order valence-electron chi connectivity index (χ3n) is 4.20. The zero-order chi connectivity index (χ0) is 17.1. The first-order chi connectivity index (χ1) is 11.6. The quantitative estimate of drug-likeness (QED) is 0.766. The van der Waals surface area contributed by atoms with Crippen LogP contribution in [0, 0.1) is 0 Å². The number of fused-ring (bicyclic) bond motifs is 1. The maximum absolute atomic E-state index is 12.3. The Morgan fingerprint density at radius 3 is 2.08 bits per heavy atom. The van der Waals surface area contributed by atoms with Crippen molar-refractivity contribution in [1.29, 1.82) is 0 Å². The summed E-state index contributed by atoms with van der Waals surface area (Å²) >= 11 is 0. The fourth-order valence-corrected chi connectivity index (χ4v) is 2.83. The highest BCUT2D eigenvalue weighted by atomic mass is 16.5. The van der Waals surface area contributed by atoms with Crippen LogP contribution in [0.4, 0.5) is 0 Å². The second-order valence-corrected chi connectivity index (χ2v) is 5.89.